The number of rotatable bonds is 5. The second-order valence-corrected chi connectivity index (χ2v) is 5.74. The van der Waals surface area contributed by atoms with E-state index < -0.39 is 0 Å². The number of nitrogens with one attached hydrogen (secondary N) is 1. The van der Waals surface area contributed by atoms with E-state index in [1.165, 1.54) is 19.3 Å². The molecule has 0 radical (unpaired) electrons. The number of nitrogens with zero attached hydrogens (tertiary/aromatic N) is 1. The van der Waals surface area contributed by atoms with Crippen molar-refractivity contribution >= 4 is 5.69 Å². The van der Waals surface area contributed by atoms with Gasteiger partial charge in [0, 0.05) is 18.6 Å². The summed E-state index contributed by atoms with van der Waals surface area (Å²) in [6.45, 7) is 8.23. The highest BCUT2D eigenvalue weighted by atomic mass is 19.1. The summed E-state index contributed by atoms with van der Waals surface area (Å²) in [5, 5.41) is 3.33. The Bertz CT molecular complexity index is 433. The van der Waals surface area contributed by atoms with Gasteiger partial charge in [-0.1, -0.05) is 19.9 Å². The summed E-state index contributed by atoms with van der Waals surface area (Å²) in [7, 11) is 0. The molecule has 0 spiro atoms. The Labute approximate surface area is 122 Å². The lowest BCUT2D eigenvalue weighted by Crippen LogP contribution is -2.39. The molecule has 20 heavy (non-hydrogen) atoms. The Hall–Kier alpha value is -1.09. The third kappa shape index (κ3) is 3.32. The summed E-state index contributed by atoms with van der Waals surface area (Å²) < 4.78 is 14.5. The van der Waals surface area contributed by atoms with Crippen LogP contribution in [-0.4, -0.2) is 19.1 Å². The fraction of sp³-hybridized carbons (Fsp3) is 0.647. The standard InChI is InChI=1S/C17H27FN2/c1-4-15-8-6-7-11-20(15)17-10-9-14(12-16(17)18)13(3)19-5-2/h9-10,12-13,15,19H,4-8,11H2,1-3H3. The van der Waals surface area contributed by atoms with E-state index in [2.05, 4.69) is 37.1 Å². The van der Waals surface area contributed by atoms with Gasteiger partial charge in [-0.15, -0.1) is 0 Å². The van der Waals surface area contributed by atoms with Gasteiger partial charge in [0.25, 0.3) is 0 Å². The molecule has 0 amide bonds. The van der Waals surface area contributed by atoms with Crippen LogP contribution in [0.5, 0.6) is 0 Å². The maximum absolute atomic E-state index is 14.5. The van der Waals surface area contributed by atoms with Crippen LogP contribution in [0.1, 0.15) is 58.1 Å². The average Bonchev–Trinajstić information content (AvgIpc) is 2.47. The van der Waals surface area contributed by atoms with Crippen LogP contribution in [-0.2, 0) is 0 Å². The summed E-state index contributed by atoms with van der Waals surface area (Å²) >= 11 is 0. The largest absolute Gasteiger partial charge is 0.366 e. The monoisotopic (exact) mass is 278 g/mol. The topological polar surface area (TPSA) is 15.3 Å². The maximum Gasteiger partial charge on any atom is 0.146 e. The van der Waals surface area contributed by atoms with Gasteiger partial charge in [-0.3, -0.25) is 0 Å². The van der Waals surface area contributed by atoms with Crippen LogP contribution in [0.15, 0.2) is 18.2 Å². The molecule has 0 aromatic heterocycles. The van der Waals surface area contributed by atoms with Gasteiger partial charge in [-0.2, -0.15) is 0 Å². The van der Waals surface area contributed by atoms with Crippen LogP contribution in [0.3, 0.4) is 0 Å². The maximum atomic E-state index is 14.5. The second-order valence-electron chi connectivity index (χ2n) is 5.74. The number of halogens is 1. The van der Waals surface area contributed by atoms with E-state index in [9.17, 15) is 4.39 Å². The smallest absolute Gasteiger partial charge is 0.146 e. The van der Waals surface area contributed by atoms with Gasteiger partial charge >= 0.3 is 0 Å². The Morgan fingerprint density at radius 3 is 2.80 bits per heavy atom. The molecule has 112 valence electrons. The molecule has 1 saturated heterocycles. The molecular formula is C17H27FN2. The van der Waals surface area contributed by atoms with Gasteiger partial charge in [-0.25, -0.2) is 4.39 Å². The lowest BCUT2D eigenvalue weighted by atomic mass is 9.98. The van der Waals surface area contributed by atoms with Crippen LogP contribution in [0, 0.1) is 5.82 Å². The van der Waals surface area contributed by atoms with Gasteiger partial charge in [0.1, 0.15) is 5.82 Å². The zero-order chi connectivity index (χ0) is 14.5. The van der Waals surface area contributed by atoms with Crippen LogP contribution in [0.4, 0.5) is 10.1 Å². The predicted molar refractivity (Wildman–Crippen MR) is 83.8 cm³/mol. The molecule has 0 saturated carbocycles. The zero-order valence-electron chi connectivity index (χ0n) is 13.0. The summed E-state index contributed by atoms with van der Waals surface area (Å²) in [5.41, 5.74) is 1.81. The first-order valence-electron chi connectivity index (χ1n) is 7.96. The van der Waals surface area contributed by atoms with Crippen LogP contribution in [0.25, 0.3) is 0 Å². The van der Waals surface area contributed by atoms with Crippen molar-refractivity contribution in [2.75, 3.05) is 18.0 Å². The Morgan fingerprint density at radius 2 is 2.15 bits per heavy atom. The molecule has 0 aliphatic carbocycles. The molecule has 1 aromatic rings. The molecule has 1 fully saturated rings. The van der Waals surface area contributed by atoms with Gasteiger partial charge in [0.05, 0.1) is 5.69 Å². The quantitative estimate of drug-likeness (QED) is 0.865. The first-order valence-corrected chi connectivity index (χ1v) is 7.96. The van der Waals surface area contributed by atoms with Crippen molar-refractivity contribution in [3.63, 3.8) is 0 Å². The molecular weight excluding hydrogens is 251 g/mol. The molecule has 1 aliphatic heterocycles. The van der Waals surface area contributed by atoms with Gasteiger partial charge in [0.2, 0.25) is 0 Å². The SMILES string of the molecule is CCNC(C)c1ccc(N2CCCCC2CC)c(F)c1. The summed E-state index contributed by atoms with van der Waals surface area (Å²) in [4.78, 5) is 2.26. The molecule has 2 atom stereocenters. The van der Waals surface area contributed by atoms with Crippen LogP contribution >= 0.6 is 0 Å². The molecule has 1 N–H and O–H groups in total. The van der Waals surface area contributed by atoms with E-state index in [0.29, 0.717) is 6.04 Å². The predicted octanol–water partition coefficient (Wildman–Crippen LogP) is 4.27. The lowest BCUT2D eigenvalue weighted by molar-refractivity contribution is 0.443. The van der Waals surface area contributed by atoms with E-state index in [4.69, 9.17) is 0 Å². The number of hydrogen-bond donors (Lipinski definition) is 1. The first kappa shape index (κ1) is 15.3. The van der Waals surface area contributed by atoms with Crippen LogP contribution < -0.4 is 10.2 Å². The van der Waals surface area contributed by atoms with E-state index in [1.54, 1.807) is 6.07 Å². The summed E-state index contributed by atoms with van der Waals surface area (Å²) in [5.74, 6) is -0.0763. The first-order chi connectivity index (χ1) is 9.67. The number of piperidine rings is 1. The Morgan fingerprint density at radius 1 is 1.35 bits per heavy atom. The van der Waals surface area contributed by atoms with Crippen molar-refractivity contribution in [3.8, 4) is 0 Å². The van der Waals surface area contributed by atoms with E-state index in [1.807, 2.05) is 6.07 Å². The van der Waals surface area contributed by atoms with E-state index >= 15 is 0 Å². The fourth-order valence-corrected chi connectivity index (χ4v) is 3.19. The van der Waals surface area contributed by atoms with Crippen molar-refractivity contribution < 1.29 is 4.39 Å². The summed E-state index contributed by atoms with van der Waals surface area (Å²) in [6, 6.07) is 6.42. The molecule has 0 bridgehead atoms. The Kier molecular flexibility index (Phi) is 5.41. The third-order valence-corrected chi connectivity index (χ3v) is 4.39. The highest BCUT2D eigenvalue weighted by Crippen LogP contribution is 2.30. The Balaban J connectivity index is 2.20. The van der Waals surface area contributed by atoms with Crippen molar-refractivity contribution in [3.05, 3.63) is 29.6 Å². The lowest BCUT2D eigenvalue weighted by Gasteiger charge is -2.37. The van der Waals surface area contributed by atoms with E-state index in [0.717, 1.165) is 30.8 Å². The minimum atomic E-state index is -0.0763. The molecule has 3 heteroatoms. The van der Waals surface area contributed by atoms with Crippen molar-refractivity contribution in [2.24, 2.45) is 0 Å². The minimum Gasteiger partial charge on any atom is -0.366 e. The van der Waals surface area contributed by atoms with Gasteiger partial charge in [-0.05, 0) is 56.8 Å². The fourth-order valence-electron chi connectivity index (χ4n) is 3.19. The molecule has 1 heterocycles. The van der Waals surface area contributed by atoms with Gasteiger partial charge in [0.15, 0.2) is 0 Å². The molecule has 1 aromatic carbocycles. The summed E-state index contributed by atoms with van der Waals surface area (Å²) in [6.07, 6.45) is 4.72. The number of benzene rings is 1. The molecule has 1 aliphatic rings. The van der Waals surface area contributed by atoms with Crippen molar-refractivity contribution in [1.82, 2.24) is 5.32 Å². The number of anilines is 1. The van der Waals surface area contributed by atoms with Crippen molar-refractivity contribution in [1.29, 1.82) is 0 Å². The molecule has 2 unspecified atom stereocenters. The minimum absolute atomic E-state index is 0.0763. The second kappa shape index (κ2) is 7.07. The molecule has 2 rings (SSSR count). The van der Waals surface area contributed by atoms with E-state index in [-0.39, 0.29) is 11.9 Å². The normalized spacial score (nSPS) is 21.0. The number of hydrogen-bond acceptors (Lipinski definition) is 2. The average molecular weight is 278 g/mol. The third-order valence-electron chi connectivity index (χ3n) is 4.39. The van der Waals surface area contributed by atoms with Gasteiger partial charge < -0.3 is 10.2 Å². The zero-order valence-corrected chi connectivity index (χ0v) is 13.0. The highest BCUT2D eigenvalue weighted by molar-refractivity contribution is 5.51. The molecule has 2 nitrogen and oxygen atoms in total. The van der Waals surface area contributed by atoms with Crippen molar-refractivity contribution in [2.45, 2.75) is 58.5 Å². The highest BCUT2D eigenvalue weighted by Gasteiger charge is 2.23. The van der Waals surface area contributed by atoms with Crippen LogP contribution in [0.2, 0.25) is 0 Å².